The van der Waals surface area contributed by atoms with E-state index in [-0.39, 0.29) is 17.4 Å². The Morgan fingerprint density at radius 3 is 2.31 bits per heavy atom. The van der Waals surface area contributed by atoms with Crippen LogP contribution in [0.2, 0.25) is 0 Å². The minimum Gasteiger partial charge on any atom is -0.494 e. The third-order valence-electron chi connectivity index (χ3n) is 4.15. The highest BCUT2D eigenvalue weighted by atomic mass is 32.2. The van der Waals surface area contributed by atoms with Gasteiger partial charge >= 0.3 is 0 Å². The Kier molecular flexibility index (Phi) is 8.63. The highest BCUT2D eigenvalue weighted by molar-refractivity contribution is 7.89. The number of hydrogen-bond acceptors (Lipinski definition) is 5. The fraction of sp³-hybridized carbons (Fsp3) is 0.381. The molecule has 7 nitrogen and oxygen atoms in total. The van der Waals surface area contributed by atoms with Crippen LogP contribution in [0.5, 0.6) is 5.75 Å². The molecular formula is C21H28N2O5S. The maximum absolute atomic E-state index is 12.9. The molecule has 0 aliphatic rings. The normalized spacial score (nSPS) is 13.5. The molecule has 158 valence electrons. The largest absolute Gasteiger partial charge is 0.494 e. The standard InChI is InChI=1S/C21H28N2O5S/c1-4-28-18-10-12-19(13-11-18)29(25,26)23-20(14-17-8-6-5-7-9-17)21(24)22-16(2)15-27-3/h5-13,16,20,23H,4,14-15H2,1-3H3,(H,22,24). The smallest absolute Gasteiger partial charge is 0.241 e. The topological polar surface area (TPSA) is 93.7 Å². The summed E-state index contributed by atoms with van der Waals surface area (Å²) in [5.74, 6) is 0.173. The summed E-state index contributed by atoms with van der Waals surface area (Å²) in [5, 5.41) is 2.79. The van der Waals surface area contributed by atoms with Gasteiger partial charge in [-0.2, -0.15) is 4.72 Å². The Hall–Kier alpha value is -2.42. The van der Waals surface area contributed by atoms with Gasteiger partial charge in [-0.15, -0.1) is 0 Å². The molecule has 1 amide bonds. The zero-order valence-corrected chi connectivity index (χ0v) is 17.7. The van der Waals surface area contributed by atoms with Crippen molar-refractivity contribution < 1.29 is 22.7 Å². The van der Waals surface area contributed by atoms with Crippen molar-refractivity contribution in [3.63, 3.8) is 0 Å². The lowest BCUT2D eigenvalue weighted by molar-refractivity contribution is -0.123. The van der Waals surface area contributed by atoms with Gasteiger partial charge in [0, 0.05) is 13.2 Å². The molecule has 0 bridgehead atoms. The molecule has 0 aliphatic heterocycles. The zero-order valence-electron chi connectivity index (χ0n) is 16.9. The van der Waals surface area contributed by atoms with Gasteiger partial charge in [-0.05, 0) is 50.1 Å². The van der Waals surface area contributed by atoms with Crippen LogP contribution < -0.4 is 14.8 Å². The molecule has 0 radical (unpaired) electrons. The first-order chi connectivity index (χ1) is 13.9. The average Bonchev–Trinajstić information content (AvgIpc) is 2.69. The molecule has 0 spiro atoms. The fourth-order valence-electron chi connectivity index (χ4n) is 2.81. The highest BCUT2D eigenvalue weighted by Crippen LogP contribution is 2.17. The van der Waals surface area contributed by atoms with E-state index in [0.29, 0.717) is 19.0 Å². The van der Waals surface area contributed by atoms with E-state index >= 15 is 0 Å². The molecule has 2 N–H and O–H groups in total. The van der Waals surface area contributed by atoms with Gasteiger partial charge in [-0.25, -0.2) is 8.42 Å². The number of carbonyl (C=O) groups excluding carboxylic acids is 1. The SMILES string of the molecule is CCOc1ccc(S(=O)(=O)NC(Cc2ccccc2)C(=O)NC(C)COC)cc1. The molecule has 2 aromatic rings. The molecule has 0 aliphatic carbocycles. The molecule has 0 heterocycles. The number of carbonyl (C=O) groups is 1. The van der Waals surface area contributed by atoms with Crippen LogP contribution in [0.15, 0.2) is 59.5 Å². The molecule has 0 saturated carbocycles. The van der Waals surface area contributed by atoms with E-state index in [1.54, 1.807) is 26.2 Å². The number of sulfonamides is 1. The molecule has 0 aromatic heterocycles. The summed E-state index contributed by atoms with van der Waals surface area (Å²) in [4.78, 5) is 12.8. The van der Waals surface area contributed by atoms with Gasteiger partial charge in [-0.3, -0.25) is 4.79 Å². The third kappa shape index (κ3) is 7.16. The number of nitrogens with one attached hydrogen (secondary N) is 2. The average molecular weight is 421 g/mol. The van der Waals surface area contributed by atoms with E-state index in [0.717, 1.165) is 5.56 Å². The summed E-state index contributed by atoms with van der Waals surface area (Å²) in [6, 6.07) is 14.1. The van der Waals surface area contributed by atoms with Crippen LogP contribution in [-0.2, 0) is 26.0 Å². The van der Waals surface area contributed by atoms with Crippen molar-refractivity contribution in [3.8, 4) is 5.75 Å². The van der Waals surface area contributed by atoms with Crippen LogP contribution in [0.1, 0.15) is 19.4 Å². The number of methoxy groups -OCH3 is 1. The molecule has 2 aromatic carbocycles. The van der Waals surface area contributed by atoms with Gasteiger partial charge in [0.2, 0.25) is 15.9 Å². The van der Waals surface area contributed by atoms with Crippen LogP contribution in [0, 0.1) is 0 Å². The van der Waals surface area contributed by atoms with Gasteiger partial charge < -0.3 is 14.8 Å². The second kappa shape index (κ2) is 10.9. The number of hydrogen-bond donors (Lipinski definition) is 2. The van der Waals surface area contributed by atoms with Crippen molar-refractivity contribution >= 4 is 15.9 Å². The van der Waals surface area contributed by atoms with E-state index in [2.05, 4.69) is 10.0 Å². The van der Waals surface area contributed by atoms with Crippen LogP contribution in [0.3, 0.4) is 0 Å². The van der Waals surface area contributed by atoms with Crippen molar-refractivity contribution in [3.05, 3.63) is 60.2 Å². The van der Waals surface area contributed by atoms with E-state index in [9.17, 15) is 13.2 Å². The number of rotatable bonds is 11. The Morgan fingerprint density at radius 1 is 1.07 bits per heavy atom. The van der Waals surface area contributed by atoms with Crippen LogP contribution in [0.4, 0.5) is 0 Å². The van der Waals surface area contributed by atoms with Crippen molar-refractivity contribution in [2.75, 3.05) is 20.3 Å². The van der Waals surface area contributed by atoms with E-state index in [1.807, 2.05) is 37.3 Å². The first-order valence-corrected chi connectivity index (χ1v) is 10.9. The summed E-state index contributed by atoms with van der Waals surface area (Å²) in [7, 11) is -2.36. The molecule has 0 fully saturated rings. The van der Waals surface area contributed by atoms with Crippen LogP contribution in [-0.4, -0.2) is 46.7 Å². The minimum atomic E-state index is -3.90. The lowest BCUT2D eigenvalue weighted by Crippen LogP contribution is -2.50. The predicted molar refractivity (Wildman–Crippen MR) is 111 cm³/mol. The van der Waals surface area contributed by atoms with Gasteiger partial charge in [0.05, 0.1) is 18.1 Å². The van der Waals surface area contributed by atoms with Gasteiger partial charge in [0.15, 0.2) is 0 Å². The Balaban J connectivity index is 2.21. The summed E-state index contributed by atoms with van der Waals surface area (Å²) in [5.41, 5.74) is 0.849. The molecule has 2 unspecified atom stereocenters. The number of benzene rings is 2. The summed E-state index contributed by atoms with van der Waals surface area (Å²) in [6.45, 7) is 4.46. The van der Waals surface area contributed by atoms with E-state index in [4.69, 9.17) is 9.47 Å². The summed E-state index contributed by atoms with van der Waals surface area (Å²) < 4.78 is 38.6. The molecule has 2 rings (SSSR count). The zero-order chi connectivity index (χ0) is 21.3. The lowest BCUT2D eigenvalue weighted by atomic mass is 10.1. The molecule has 29 heavy (non-hydrogen) atoms. The van der Waals surface area contributed by atoms with Gasteiger partial charge in [0.1, 0.15) is 11.8 Å². The Labute approximate surface area is 172 Å². The van der Waals surface area contributed by atoms with Crippen molar-refractivity contribution in [1.82, 2.24) is 10.0 Å². The molecule has 2 atom stereocenters. The first kappa shape index (κ1) is 22.9. The maximum Gasteiger partial charge on any atom is 0.241 e. The minimum absolute atomic E-state index is 0.0664. The Bertz CT molecular complexity index is 870. The number of ether oxygens (including phenoxy) is 2. The van der Waals surface area contributed by atoms with Gasteiger partial charge in [-0.1, -0.05) is 30.3 Å². The van der Waals surface area contributed by atoms with Crippen LogP contribution >= 0.6 is 0 Å². The number of amides is 1. The van der Waals surface area contributed by atoms with Gasteiger partial charge in [0.25, 0.3) is 0 Å². The van der Waals surface area contributed by atoms with E-state index in [1.165, 1.54) is 12.1 Å². The van der Waals surface area contributed by atoms with Crippen LogP contribution in [0.25, 0.3) is 0 Å². The Morgan fingerprint density at radius 2 is 1.72 bits per heavy atom. The fourth-order valence-corrected chi connectivity index (χ4v) is 4.01. The first-order valence-electron chi connectivity index (χ1n) is 9.44. The third-order valence-corrected chi connectivity index (χ3v) is 5.63. The van der Waals surface area contributed by atoms with Crippen molar-refractivity contribution in [1.29, 1.82) is 0 Å². The monoisotopic (exact) mass is 420 g/mol. The van der Waals surface area contributed by atoms with Crippen molar-refractivity contribution in [2.45, 2.75) is 37.2 Å². The molecule has 8 heteroatoms. The quantitative estimate of drug-likeness (QED) is 0.581. The van der Waals surface area contributed by atoms with Crippen molar-refractivity contribution in [2.24, 2.45) is 0 Å². The second-order valence-electron chi connectivity index (χ2n) is 6.63. The predicted octanol–water partition coefficient (Wildman–Crippen LogP) is 2.13. The summed E-state index contributed by atoms with van der Waals surface area (Å²) >= 11 is 0. The highest BCUT2D eigenvalue weighted by Gasteiger charge is 2.27. The van der Waals surface area contributed by atoms with E-state index < -0.39 is 22.0 Å². The maximum atomic E-state index is 12.9. The lowest BCUT2D eigenvalue weighted by Gasteiger charge is -2.21. The molecular weight excluding hydrogens is 392 g/mol. The summed E-state index contributed by atoms with van der Waals surface area (Å²) in [6.07, 6.45) is 0.225. The molecule has 0 saturated heterocycles. The second-order valence-corrected chi connectivity index (χ2v) is 8.35.